The van der Waals surface area contributed by atoms with E-state index in [1.807, 2.05) is 0 Å². The van der Waals surface area contributed by atoms with Gasteiger partial charge in [0.05, 0.1) is 6.26 Å². The Kier molecular flexibility index (Phi) is 1.96. The van der Waals surface area contributed by atoms with Gasteiger partial charge in [-0.2, -0.15) is 4.98 Å². The summed E-state index contributed by atoms with van der Waals surface area (Å²) in [5, 5.41) is 4.87. The number of H-pyrrole nitrogens is 2. The van der Waals surface area contributed by atoms with Crippen LogP contribution in [0.25, 0.3) is 0 Å². The summed E-state index contributed by atoms with van der Waals surface area (Å²) in [5.41, 5.74) is 0. The molecule has 0 spiro atoms. The molecule has 0 aromatic carbocycles. The molecule has 6 nitrogen and oxygen atoms in total. The van der Waals surface area contributed by atoms with Crippen molar-refractivity contribution >= 4 is 28.2 Å². The summed E-state index contributed by atoms with van der Waals surface area (Å²) in [6.45, 7) is 0. The maximum Gasteiger partial charge on any atom is 0.232 e. The third-order valence-electron chi connectivity index (χ3n) is 0.783. The van der Waals surface area contributed by atoms with Crippen LogP contribution in [0.15, 0.2) is 0 Å². The zero-order chi connectivity index (χ0) is 8.48. The van der Waals surface area contributed by atoms with Gasteiger partial charge in [-0.1, -0.05) is 0 Å². The van der Waals surface area contributed by atoms with Crippen molar-refractivity contribution in [1.29, 1.82) is 0 Å². The zero-order valence-electron chi connectivity index (χ0n) is 5.58. The highest BCUT2D eigenvalue weighted by Gasteiger charge is 2.02. The lowest BCUT2D eigenvalue weighted by Crippen LogP contribution is -2.10. The first-order valence-electron chi connectivity index (χ1n) is 2.60. The number of aromatic amines is 2. The molecule has 62 valence electrons. The number of sulfonamides is 1. The Balaban J connectivity index is 2.90. The Morgan fingerprint density at radius 2 is 2.18 bits per heavy atom. The van der Waals surface area contributed by atoms with Crippen molar-refractivity contribution in [3.63, 3.8) is 0 Å². The van der Waals surface area contributed by atoms with Crippen LogP contribution in [0.3, 0.4) is 0 Å². The van der Waals surface area contributed by atoms with Crippen LogP contribution in [0.4, 0.5) is 5.95 Å². The molecule has 3 N–H and O–H groups in total. The zero-order valence-corrected chi connectivity index (χ0v) is 7.21. The van der Waals surface area contributed by atoms with Gasteiger partial charge in [-0.25, -0.2) is 8.42 Å². The predicted molar refractivity (Wildman–Crippen MR) is 42.2 cm³/mol. The van der Waals surface area contributed by atoms with Gasteiger partial charge in [0, 0.05) is 0 Å². The van der Waals surface area contributed by atoms with E-state index in [9.17, 15) is 8.42 Å². The molecule has 0 fully saturated rings. The van der Waals surface area contributed by atoms with Crippen LogP contribution in [0, 0.1) is 4.77 Å². The van der Waals surface area contributed by atoms with Crippen LogP contribution in [0.1, 0.15) is 0 Å². The second kappa shape index (κ2) is 2.62. The molecular weight excluding hydrogens is 188 g/mol. The molecule has 1 rings (SSSR count). The summed E-state index contributed by atoms with van der Waals surface area (Å²) in [6.07, 6.45) is 1.03. The Hall–Kier alpha value is -0.890. The van der Waals surface area contributed by atoms with Gasteiger partial charge in [0.1, 0.15) is 0 Å². The third kappa shape index (κ3) is 2.68. The summed E-state index contributed by atoms with van der Waals surface area (Å²) in [7, 11) is -3.27. The van der Waals surface area contributed by atoms with E-state index >= 15 is 0 Å². The quantitative estimate of drug-likeness (QED) is 0.570. The average Bonchev–Trinajstić information content (AvgIpc) is 2.10. The summed E-state index contributed by atoms with van der Waals surface area (Å²) in [4.78, 5) is 3.61. The molecule has 0 aliphatic rings. The molecule has 0 aliphatic heterocycles. The van der Waals surface area contributed by atoms with Crippen molar-refractivity contribution in [3.8, 4) is 0 Å². The van der Waals surface area contributed by atoms with Gasteiger partial charge in [0.25, 0.3) is 0 Å². The second-order valence-corrected chi connectivity index (χ2v) is 4.02. The van der Waals surface area contributed by atoms with E-state index in [2.05, 4.69) is 32.1 Å². The van der Waals surface area contributed by atoms with E-state index in [4.69, 9.17) is 0 Å². The fraction of sp³-hybridized carbons (Fsp3) is 0.333. The van der Waals surface area contributed by atoms with Crippen LogP contribution in [-0.2, 0) is 10.0 Å². The fourth-order valence-electron chi connectivity index (χ4n) is 0.494. The lowest BCUT2D eigenvalue weighted by atomic mass is 11.1. The van der Waals surface area contributed by atoms with Crippen molar-refractivity contribution < 1.29 is 8.42 Å². The maximum absolute atomic E-state index is 10.6. The van der Waals surface area contributed by atoms with Gasteiger partial charge in [0.2, 0.25) is 20.7 Å². The Labute approximate surface area is 68.1 Å². The molecule has 0 atom stereocenters. The van der Waals surface area contributed by atoms with Crippen LogP contribution >= 0.6 is 12.2 Å². The highest BCUT2D eigenvalue weighted by molar-refractivity contribution is 7.91. The van der Waals surface area contributed by atoms with E-state index in [0.717, 1.165) is 6.26 Å². The third-order valence-corrected chi connectivity index (χ3v) is 1.54. The van der Waals surface area contributed by atoms with Gasteiger partial charge in [-0.3, -0.25) is 14.9 Å². The maximum atomic E-state index is 10.6. The van der Waals surface area contributed by atoms with Crippen LogP contribution in [-0.4, -0.2) is 29.9 Å². The lowest BCUT2D eigenvalue weighted by molar-refractivity contribution is 0.606. The molecule has 0 saturated carbocycles. The smallest absolute Gasteiger partial charge is 0.232 e. The van der Waals surface area contributed by atoms with Gasteiger partial charge in [0.15, 0.2) is 0 Å². The number of aromatic nitrogens is 3. The number of anilines is 1. The van der Waals surface area contributed by atoms with Crippen molar-refractivity contribution in [2.24, 2.45) is 0 Å². The Morgan fingerprint density at radius 3 is 2.55 bits per heavy atom. The lowest BCUT2D eigenvalue weighted by Gasteiger charge is -1.95. The molecule has 0 unspecified atom stereocenters. The summed E-state index contributed by atoms with van der Waals surface area (Å²) < 4.78 is 23.5. The minimum atomic E-state index is -3.27. The Bertz CT molecular complexity index is 387. The molecule has 1 heterocycles. The molecule has 1 aromatic heterocycles. The largest absolute Gasteiger partial charge is 0.272 e. The van der Waals surface area contributed by atoms with E-state index in [0.29, 0.717) is 0 Å². The van der Waals surface area contributed by atoms with E-state index in [-0.39, 0.29) is 10.7 Å². The van der Waals surface area contributed by atoms with Gasteiger partial charge in [-0.15, -0.1) is 0 Å². The highest BCUT2D eigenvalue weighted by atomic mass is 32.2. The minimum absolute atomic E-state index is 0.0949. The van der Waals surface area contributed by atoms with E-state index < -0.39 is 10.0 Å². The highest BCUT2D eigenvalue weighted by Crippen LogP contribution is 1.96. The monoisotopic (exact) mass is 194 g/mol. The first-order valence-corrected chi connectivity index (χ1v) is 4.90. The number of nitrogens with zero attached hydrogens (tertiary/aromatic N) is 1. The molecule has 0 bridgehead atoms. The van der Waals surface area contributed by atoms with Gasteiger partial charge >= 0.3 is 0 Å². The van der Waals surface area contributed by atoms with Gasteiger partial charge < -0.3 is 0 Å². The number of nitrogens with one attached hydrogen (secondary N) is 3. The van der Waals surface area contributed by atoms with Crippen molar-refractivity contribution in [2.45, 2.75) is 0 Å². The SMILES string of the molecule is CS(=O)(=O)Nc1nc(=S)[nH][nH]1. The minimum Gasteiger partial charge on any atom is -0.272 e. The van der Waals surface area contributed by atoms with Crippen molar-refractivity contribution in [3.05, 3.63) is 4.77 Å². The summed E-state index contributed by atoms with van der Waals surface area (Å²) >= 11 is 4.59. The van der Waals surface area contributed by atoms with E-state index in [1.54, 1.807) is 0 Å². The number of rotatable bonds is 2. The molecule has 11 heavy (non-hydrogen) atoms. The first-order chi connectivity index (χ1) is 4.97. The summed E-state index contributed by atoms with van der Waals surface area (Å²) in [5.74, 6) is 0.0949. The standard InChI is InChI=1S/C3H6N4O2S2/c1-11(8,9)7-2-4-3(10)6-5-2/h1H3,(H3,4,5,6,7,10). The average molecular weight is 194 g/mol. The topological polar surface area (TPSA) is 90.6 Å². The molecular formula is C3H6N4O2S2. The van der Waals surface area contributed by atoms with Crippen LogP contribution in [0.5, 0.6) is 0 Å². The normalized spacial score (nSPS) is 11.4. The van der Waals surface area contributed by atoms with Crippen molar-refractivity contribution in [2.75, 3.05) is 11.0 Å². The van der Waals surface area contributed by atoms with Crippen molar-refractivity contribution in [1.82, 2.24) is 15.2 Å². The Morgan fingerprint density at radius 1 is 1.55 bits per heavy atom. The predicted octanol–water partition coefficient (Wildman–Crippen LogP) is -0.161. The molecule has 0 radical (unpaired) electrons. The number of hydrogen-bond donors (Lipinski definition) is 3. The number of hydrogen-bond acceptors (Lipinski definition) is 4. The fourth-order valence-corrected chi connectivity index (χ4v) is 1.08. The molecule has 0 amide bonds. The molecule has 0 saturated heterocycles. The first kappa shape index (κ1) is 8.21. The van der Waals surface area contributed by atoms with Crippen LogP contribution in [0.2, 0.25) is 0 Å². The van der Waals surface area contributed by atoms with Gasteiger partial charge in [-0.05, 0) is 12.2 Å². The summed E-state index contributed by atoms with van der Waals surface area (Å²) in [6, 6.07) is 0. The van der Waals surface area contributed by atoms with Crippen LogP contribution < -0.4 is 4.72 Å². The molecule has 8 heteroatoms. The second-order valence-electron chi connectivity index (χ2n) is 1.89. The van der Waals surface area contributed by atoms with E-state index in [1.165, 1.54) is 0 Å². The molecule has 1 aromatic rings. The molecule has 0 aliphatic carbocycles.